The summed E-state index contributed by atoms with van der Waals surface area (Å²) in [4.78, 5) is 24.4. The predicted octanol–water partition coefficient (Wildman–Crippen LogP) is 2.85. The van der Waals surface area contributed by atoms with Gasteiger partial charge < -0.3 is 10.1 Å². The Morgan fingerprint density at radius 1 is 1.10 bits per heavy atom. The van der Waals surface area contributed by atoms with Gasteiger partial charge >= 0.3 is 5.97 Å². The molecule has 0 spiro atoms. The van der Waals surface area contributed by atoms with Crippen LogP contribution in [0.15, 0.2) is 36.4 Å². The summed E-state index contributed by atoms with van der Waals surface area (Å²) in [6.45, 7) is 2.99. The molecule has 2 aromatic rings. The molecule has 0 aliphatic rings. The summed E-state index contributed by atoms with van der Waals surface area (Å²) < 4.78 is 56.6. The Kier molecular flexibility index (Phi) is 6.58. The van der Waals surface area contributed by atoms with Crippen LogP contribution in [-0.2, 0) is 19.6 Å². The van der Waals surface area contributed by atoms with Gasteiger partial charge in [-0.3, -0.25) is 9.10 Å². The summed E-state index contributed by atoms with van der Waals surface area (Å²) >= 11 is 0. The van der Waals surface area contributed by atoms with Crippen LogP contribution in [0.4, 0.5) is 20.2 Å². The number of carbonyl (C=O) groups excluding carboxylic acids is 2. The first-order valence-corrected chi connectivity index (χ1v) is 10.2. The fourth-order valence-corrected chi connectivity index (χ4v) is 3.84. The normalized spacial score (nSPS) is 12.2. The summed E-state index contributed by atoms with van der Waals surface area (Å²) in [7, 11) is -2.79. The minimum atomic E-state index is -4.01. The molecule has 156 valence electrons. The summed E-state index contributed by atoms with van der Waals surface area (Å²) in [5.41, 5.74) is 0.899. The highest BCUT2D eigenvalue weighted by atomic mass is 32.2. The summed E-state index contributed by atoms with van der Waals surface area (Å²) in [6, 6.07) is 5.75. The lowest BCUT2D eigenvalue weighted by molar-refractivity contribution is -0.116. The van der Waals surface area contributed by atoms with Crippen molar-refractivity contribution in [3.05, 3.63) is 59.2 Å². The van der Waals surface area contributed by atoms with Crippen LogP contribution in [0, 0.1) is 18.6 Å². The second kappa shape index (κ2) is 8.56. The number of hydrogen-bond donors (Lipinski definition) is 1. The lowest BCUT2D eigenvalue weighted by atomic mass is 10.1. The van der Waals surface area contributed by atoms with Gasteiger partial charge in [0, 0.05) is 11.8 Å². The molecule has 0 heterocycles. The van der Waals surface area contributed by atoms with E-state index in [1.165, 1.54) is 26.2 Å². The molecule has 0 saturated carbocycles. The highest BCUT2D eigenvalue weighted by molar-refractivity contribution is 7.92. The maximum atomic E-state index is 13.6. The van der Waals surface area contributed by atoms with E-state index in [0.29, 0.717) is 15.9 Å². The van der Waals surface area contributed by atoms with Gasteiger partial charge in [-0.2, -0.15) is 0 Å². The smallest absolute Gasteiger partial charge is 0.337 e. The van der Waals surface area contributed by atoms with Crippen molar-refractivity contribution in [3.63, 3.8) is 0 Å². The third kappa shape index (κ3) is 5.08. The molecule has 2 rings (SSSR count). The zero-order chi connectivity index (χ0) is 21.9. The Bertz CT molecular complexity index is 1060. The van der Waals surface area contributed by atoms with E-state index in [1.807, 2.05) is 0 Å². The number of sulfonamides is 1. The molecule has 0 radical (unpaired) electrons. The number of carbonyl (C=O) groups is 2. The van der Waals surface area contributed by atoms with Crippen LogP contribution in [0.25, 0.3) is 0 Å². The van der Waals surface area contributed by atoms with E-state index < -0.39 is 39.6 Å². The molecule has 1 amide bonds. The van der Waals surface area contributed by atoms with Crippen LogP contribution in [-0.4, -0.2) is 39.7 Å². The standard InChI is InChI=1S/C19H20F2N2O5S/c1-11-5-6-13(19(25)28-3)9-17(11)22-18(24)12(2)23(29(4,26)27)14-7-8-15(20)16(21)10-14/h5-10,12H,1-4H3,(H,22,24)/t12-/m0/s1. The average Bonchev–Trinajstić information content (AvgIpc) is 2.64. The topological polar surface area (TPSA) is 92.8 Å². The maximum Gasteiger partial charge on any atom is 0.337 e. The number of benzene rings is 2. The van der Waals surface area contributed by atoms with Crippen molar-refractivity contribution in [2.24, 2.45) is 0 Å². The molecule has 0 bridgehead atoms. The number of rotatable bonds is 6. The summed E-state index contributed by atoms with van der Waals surface area (Å²) in [5.74, 6) is -3.72. The van der Waals surface area contributed by atoms with Gasteiger partial charge in [-0.1, -0.05) is 6.07 Å². The number of nitrogens with zero attached hydrogens (tertiary/aromatic N) is 1. The number of aryl methyl sites for hydroxylation is 1. The van der Waals surface area contributed by atoms with Gasteiger partial charge in [-0.25, -0.2) is 22.0 Å². The van der Waals surface area contributed by atoms with Crippen LogP contribution in [0.5, 0.6) is 0 Å². The molecule has 0 unspecified atom stereocenters. The molecule has 0 aliphatic heterocycles. The van der Waals surface area contributed by atoms with E-state index in [-0.39, 0.29) is 16.9 Å². The third-order valence-electron chi connectivity index (χ3n) is 4.16. The number of nitrogens with one attached hydrogen (secondary N) is 1. The number of methoxy groups -OCH3 is 1. The van der Waals surface area contributed by atoms with Crippen molar-refractivity contribution in [3.8, 4) is 0 Å². The van der Waals surface area contributed by atoms with E-state index in [9.17, 15) is 26.8 Å². The van der Waals surface area contributed by atoms with Crippen LogP contribution < -0.4 is 9.62 Å². The number of ether oxygens (including phenoxy) is 1. The molecule has 0 aromatic heterocycles. The van der Waals surface area contributed by atoms with E-state index in [4.69, 9.17) is 0 Å². The van der Waals surface area contributed by atoms with Crippen molar-refractivity contribution >= 4 is 33.3 Å². The highest BCUT2D eigenvalue weighted by Gasteiger charge is 2.30. The molecule has 2 aromatic carbocycles. The molecule has 7 nitrogen and oxygen atoms in total. The third-order valence-corrected chi connectivity index (χ3v) is 5.40. The lowest BCUT2D eigenvalue weighted by Gasteiger charge is -2.28. The zero-order valence-electron chi connectivity index (χ0n) is 16.2. The van der Waals surface area contributed by atoms with Gasteiger partial charge in [0.15, 0.2) is 11.6 Å². The molecule has 0 aliphatic carbocycles. The number of anilines is 2. The number of esters is 1. The first-order chi connectivity index (χ1) is 13.5. The van der Waals surface area contributed by atoms with Crippen LogP contribution in [0.1, 0.15) is 22.8 Å². The predicted molar refractivity (Wildman–Crippen MR) is 104 cm³/mol. The van der Waals surface area contributed by atoms with Gasteiger partial charge in [0.25, 0.3) is 0 Å². The molecule has 0 fully saturated rings. The van der Waals surface area contributed by atoms with Crippen molar-refractivity contribution in [2.45, 2.75) is 19.9 Å². The minimum absolute atomic E-state index is 0.196. The van der Waals surface area contributed by atoms with Gasteiger partial charge in [-0.15, -0.1) is 0 Å². The molecule has 1 N–H and O–H groups in total. The van der Waals surface area contributed by atoms with E-state index in [2.05, 4.69) is 10.1 Å². The largest absolute Gasteiger partial charge is 0.465 e. The fraction of sp³-hybridized carbons (Fsp3) is 0.263. The maximum absolute atomic E-state index is 13.6. The van der Waals surface area contributed by atoms with Gasteiger partial charge in [-0.05, 0) is 43.7 Å². The van der Waals surface area contributed by atoms with Crippen molar-refractivity contribution in [1.82, 2.24) is 0 Å². The van der Waals surface area contributed by atoms with Gasteiger partial charge in [0.2, 0.25) is 15.9 Å². The second-order valence-electron chi connectivity index (χ2n) is 6.34. The second-order valence-corrected chi connectivity index (χ2v) is 8.20. The monoisotopic (exact) mass is 426 g/mol. The first-order valence-electron chi connectivity index (χ1n) is 8.40. The summed E-state index contributed by atoms with van der Waals surface area (Å²) in [6.07, 6.45) is 0.848. The Balaban J connectivity index is 2.37. The average molecular weight is 426 g/mol. The first kappa shape index (κ1) is 22.3. The molecular formula is C19H20F2N2O5S. The van der Waals surface area contributed by atoms with Crippen LogP contribution in [0.3, 0.4) is 0 Å². The van der Waals surface area contributed by atoms with E-state index >= 15 is 0 Å². The Morgan fingerprint density at radius 2 is 1.76 bits per heavy atom. The Labute approximate surface area is 167 Å². The number of hydrogen-bond acceptors (Lipinski definition) is 5. The lowest BCUT2D eigenvalue weighted by Crippen LogP contribution is -2.45. The van der Waals surface area contributed by atoms with Crippen LogP contribution in [0.2, 0.25) is 0 Å². The van der Waals surface area contributed by atoms with Crippen molar-refractivity contribution in [2.75, 3.05) is 23.0 Å². The summed E-state index contributed by atoms with van der Waals surface area (Å²) in [5, 5.41) is 2.56. The van der Waals surface area contributed by atoms with Crippen LogP contribution >= 0.6 is 0 Å². The van der Waals surface area contributed by atoms with Crippen molar-refractivity contribution < 1.29 is 31.5 Å². The van der Waals surface area contributed by atoms with Gasteiger partial charge in [0.05, 0.1) is 24.6 Å². The highest BCUT2D eigenvalue weighted by Crippen LogP contribution is 2.24. The van der Waals surface area contributed by atoms with Crippen molar-refractivity contribution in [1.29, 1.82) is 0 Å². The Hall–Kier alpha value is -3.01. The van der Waals surface area contributed by atoms with E-state index in [0.717, 1.165) is 18.4 Å². The molecular weight excluding hydrogens is 406 g/mol. The zero-order valence-corrected chi connectivity index (χ0v) is 17.0. The molecule has 10 heteroatoms. The van der Waals surface area contributed by atoms with Gasteiger partial charge in [0.1, 0.15) is 6.04 Å². The Morgan fingerprint density at radius 3 is 2.31 bits per heavy atom. The number of amides is 1. The molecule has 29 heavy (non-hydrogen) atoms. The van der Waals surface area contributed by atoms with E-state index in [1.54, 1.807) is 13.0 Å². The number of halogens is 2. The molecule has 0 saturated heterocycles. The fourth-order valence-electron chi connectivity index (χ4n) is 2.67. The minimum Gasteiger partial charge on any atom is -0.465 e. The SMILES string of the molecule is COC(=O)c1ccc(C)c(NC(=O)[C@H](C)N(c2ccc(F)c(F)c2)S(C)(=O)=O)c1. The molecule has 1 atom stereocenters. The quantitative estimate of drug-likeness (QED) is 0.717.